The third kappa shape index (κ3) is 2.13. The van der Waals surface area contributed by atoms with E-state index in [1.807, 2.05) is 11.6 Å². The SMILES string of the molecule is COCC(C)(NC1CC1)c1nccs1. The summed E-state index contributed by atoms with van der Waals surface area (Å²) in [7, 11) is 1.74. The molecule has 1 saturated carbocycles. The maximum absolute atomic E-state index is 5.26. The highest BCUT2D eigenvalue weighted by Crippen LogP contribution is 2.29. The molecule has 0 amide bonds. The molecule has 1 aromatic rings. The molecule has 4 heteroatoms. The van der Waals surface area contributed by atoms with Crippen LogP contribution in [0, 0.1) is 0 Å². The van der Waals surface area contributed by atoms with Crippen molar-refractivity contribution in [1.29, 1.82) is 0 Å². The molecule has 14 heavy (non-hydrogen) atoms. The Kier molecular flexibility index (Phi) is 2.85. The molecular formula is C10H16N2OS. The molecule has 0 radical (unpaired) electrons. The highest BCUT2D eigenvalue weighted by Gasteiger charge is 2.35. The minimum absolute atomic E-state index is 0.107. The fraction of sp³-hybridized carbons (Fsp3) is 0.700. The van der Waals surface area contributed by atoms with Crippen LogP contribution in [-0.4, -0.2) is 24.7 Å². The van der Waals surface area contributed by atoms with E-state index in [2.05, 4.69) is 17.2 Å². The van der Waals surface area contributed by atoms with Crippen molar-refractivity contribution < 1.29 is 4.74 Å². The van der Waals surface area contributed by atoms with Gasteiger partial charge in [-0.15, -0.1) is 11.3 Å². The van der Waals surface area contributed by atoms with Crippen LogP contribution in [0.25, 0.3) is 0 Å². The molecule has 0 spiro atoms. The summed E-state index contributed by atoms with van der Waals surface area (Å²) in [5.41, 5.74) is -0.107. The van der Waals surface area contributed by atoms with Gasteiger partial charge >= 0.3 is 0 Å². The van der Waals surface area contributed by atoms with Gasteiger partial charge in [0.05, 0.1) is 12.1 Å². The van der Waals surface area contributed by atoms with Crippen molar-refractivity contribution in [3.8, 4) is 0 Å². The zero-order chi connectivity index (χ0) is 10.0. The number of hydrogen-bond acceptors (Lipinski definition) is 4. The van der Waals surface area contributed by atoms with Crippen LogP contribution in [0.15, 0.2) is 11.6 Å². The van der Waals surface area contributed by atoms with E-state index >= 15 is 0 Å². The molecule has 1 unspecified atom stereocenters. The second kappa shape index (κ2) is 3.96. The maximum Gasteiger partial charge on any atom is 0.115 e. The lowest BCUT2D eigenvalue weighted by atomic mass is 10.1. The van der Waals surface area contributed by atoms with Crippen molar-refractivity contribution in [2.45, 2.75) is 31.3 Å². The van der Waals surface area contributed by atoms with E-state index in [9.17, 15) is 0 Å². The van der Waals surface area contributed by atoms with Crippen molar-refractivity contribution in [1.82, 2.24) is 10.3 Å². The molecule has 0 aliphatic heterocycles. The Balaban J connectivity index is 2.11. The summed E-state index contributed by atoms with van der Waals surface area (Å²) in [6.45, 7) is 2.84. The summed E-state index contributed by atoms with van der Waals surface area (Å²) in [6.07, 6.45) is 4.41. The zero-order valence-electron chi connectivity index (χ0n) is 8.62. The second-order valence-electron chi connectivity index (χ2n) is 4.02. The molecule has 1 aliphatic rings. The molecule has 78 valence electrons. The summed E-state index contributed by atoms with van der Waals surface area (Å²) in [5, 5.41) is 6.72. The number of thiazole rings is 1. The fourth-order valence-corrected chi connectivity index (χ4v) is 2.38. The Labute approximate surface area is 88.5 Å². The number of nitrogens with zero attached hydrogens (tertiary/aromatic N) is 1. The van der Waals surface area contributed by atoms with Crippen molar-refractivity contribution in [2.24, 2.45) is 0 Å². The first-order valence-electron chi connectivity index (χ1n) is 4.91. The van der Waals surface area contributed by atoms with Gasteiger partial charge in [0.1, 0.15) is 5.01 Å². The Morgan fingerprint density at radius 3 is 3.00 bits per heavy atom. The lowest BCUT2D eigenvalue weighted by molar-refractivity contribution is 0.117. The predicted octanol–water partition coefficient (Wildman–Crippen LogP) is 1.76. The standard InChI is InChI=1S/C10H16N2OS/c1-10(7-13-2,12-8-3-4-8)9-11-5-6-14-9/h5-6,8,12H,3-4,7H2,1-2H3. The summed E-state index contributed by atoms with van der Waals surface area (Å²) < 4.78 is 5.26. The van der Waals surface area contributed by atoms with Crippen molar-refractivity contribution in [3.05, 3.63) is 16.6 Å². The molecule has 1 heterocycles. The Bertz CT molecular complexity index is 284. The summed E-state index contributed by atoms with van der Waals surface area (Å²) in [6, 6.07) is 0.666. The molecule has 0 saturated heterocycles. The van der Waals surface area contributed by atoms with Gasteiger partial charge in [0.2, 0.25) is 0 Å². The van der Waals surface area contributed by atoms with Gasteiger partial charge in [-0.05, 0) is 19.8 Å². The number of nitrogens with one attached hydrogen (secondary N) is 1. The van der Waals surface area contributed by atoms with Gasteiger partial charge in [0.25, 0.3) is 0 Å². The first-order chi connectivity index (χ1) is 6.74. The molecule has 1 fully saturated rings. The summed E-state index contributed by atoms with van der Waals surface area (Å²) >= 11 is 1.69. The van der Waals surface area contributed by atoms with Gasteiger partial charge < -0.3 is 10.1 Å². The smallest absolute Gasteiger partial charge is 0.115 e. The molecular weight excluding hydrogens is 196 g/mol. The lowest BCUT2D eigenvalue weighted by Crippen LogP contribution is -2.44. The molecule has 1 aliphatic carbocycles. The average molecular weight is 212 g/mol. The minimum Gasteiger partial charge on any atom is -0.382 e. The van der Waals surface area contributed by atoms with E-state index in [4.69, 9.17) is 4.74 Å². The van der Waals surface area contributed by atoms with E-state index in [0.717, 1.165) is 5.01 Å². The van der Waals surface area contributed by atoms with E-state index in [0.29, 0.717) is 12.6 Å². The number of methoxy groups -OCH3 is 1. The van der Waals surface area contributed by atoms with Gasteiger partial charge in [0, 0.05) is 24.7 Å². The van der Waals surface area contributed by atoms with Gasteiger partial charge in [-0.25, -0.2) is 4.98 Å². The molecule has 1 aromatic heterocycles. The van der Waals surface area contributed by atoms with Gasteiger partial charge in [0.15, 0.2) is 0 Å². The van der Waals surface area contributed by atoms with Crippen LogP contribution in [0.3, 0.4) is 0 Å². The van der Waals surface area contributed by atoms with E-state index in [-0.39, 0.29) is 5.54 Å². The molecule has 2 rings (SSSR count). The number of ether oxygens (including phenoxy) is 1. The summed E-state index contributed by atoms with van der Waals surface area (Å²) in [5.74, 6) is 0. The highest BCUT2D eigenvalue weighted by atomic mass is 32.1. The Morgan fingerprint density at radius 2 is 2.50 bits per heavy atom. The normalized spacial score (nSPS) is 20.7. The average Bonchev–Trinajstić information content (AvgIpc) is 2.80. The minimum atomic E-state index is -0.107. The van der Waals surface area contributed by atoms with Crippen LogP contribution in [0.1, 0.15) is 24.8 Å². The molecule has 1 N–H and O–H groups in total. The zero-order valence-corrected chi connectivity index (χ0v) is 9.43. The number of aromatic nitrogens is 1. The molecule has 3 nitrogen and oxygen atoms in total. The van der Waals surface area contributed by atoms with Gasteiger partial charge in [-0.3, -0.25) is 0 Å². The van der Waals surface area contributed by atoms with Gasteiger partial charge in [-0.2, -0.15) is 0 Å². The van der Waals surface area contributed by atoms with E-state index in [1.165, 1.54) is 12.8 Å². The first-order valence-corrected chi connectivity index (χ1v) is 5.79. The summed E-state index contributed by atoms with van der Waals surface area (Å²) in [4.78, 5) is 4.36. The second-order valence-corrected chi connectivity index (χ2v) is 4.92. The van der Waals surface area contributed by atoms with E-state index < -0.39 is 0 Å². The third-order valence-electron chi connectivity index (χ3n) is 2.44. The van der Waals surface area contributed by atoms with Crippen LogP contribution in [0.2, 0.25) is 0 Å². The Hall–Kier alpha value is -0.450. The largest absolute Gasteiger partial charge is 0.382 e. The topological polar surface area (TPSA) is 34.1 Å². The maximum atomic E-state index is 5.26. The Morgan fingerprint density at radius 1 is 1.71 bits per heavy atom. The predicted molar refractivity (Wildman–Crippen MR) is 57.5 cm³/mol. The van der Waals surface area contributed by atoms with E-state index in [1.54, 1.807) is 18.4 Å². The van der Waals surface area contributed by atoms with Crippen LogP contribution in [0.5, 0.6) is 0 Å². The number of hydrogen-bond donors (Lipinski definition) is 1. The fourth-order valence-electron chi connectivity index (χ4n) is 1.63. The van der Waals surface area contributed by atoms with Crippen molar-refractivity contribution in [2.75, 3.05) is 13.7 Å². The molecule has 0 bridgehead atoms. The molecule has 1 atom stereocenters. The van der Waals surface area contributed by atoms with Crippen LogP contribution in [0.4, 0.5) is 0 Å². The van der Waals surface area contributed by atoms with Crippen LogP contribution < -0.4 is 5.32 Å². The number of rotatable bonds is 5. The molecule has 0 aromatic carbocycles. The first kappa shape index (κ1) is 10.1. The monoisotopic (exact) mass is 212 g/mol. The third-order valence-corrected chi connectivity index (χ3v) is 3.47. The van der Waals surface area contributed by atoms with Crippen LogP contribution >= 0.6 is 11.3 Å². The van der Waals surface area contributed by atoms with Crippen molar-refractivity contribution in [3.63, 3.8) is 0 Å². The van der Waals surface area contributed by atoms with Gasteiger partial charge in [-0.1, -0.05) is 0 Å². The highest BCUT2D eigenvalue weighted by molar-refractivity contribution is 7.09. The van der Waals surface area contributed by atoms with Crippen molar-refractivity contribution >= 4 is 11.3 Å². The lowest BCUT2D eigenvalue weighted by Gasteiger charge is -2.28. The quantitative estimate of drug-likeness (QED) is 0.807. The van der Waals surface area contributed by atoms with Crippen LogP contribution in [-0.2, 0) is 10.3 Å².